The zero-order valence-corrected chi connectivity index (χ0v) is 10.4. The van der Waals surface area contributed by atoms with Gasteiger partial charge in [0.05, 0.1) is 4.92 Å². The molecule has 0 bridgehead atoms. The smallest absolute Gasteiger partial charge is 0.295 e. The third kappa shape index (κ3) is 3.10. The lowest BCUT2D eigenvalue weighted by Gasteiger charge is -2.09. The first kappa shape index (κ1) is 14.8. The van der Waals surface area contributed by atoms with Crippen LogP contribution in [0.1, 0.15) is 5.56 Å². The van der Waals surface area contributed by atoms with E-state index in [0.717, 1.165) is 24.3 Å². The minimum absolute atomic E-state index is 0.173. The first-order chi connectivity index (χ1) is 9.90. The van der Waals surface area contributed by atoms with Crippen LogP contribution < -0.4 is 5.32 Å². The molecule has 4 nitrogen and oxygen atoms in total. The van der Waals surface area contributed by atoms with Crippen LogP contribution in [0.4, 0.5) is 28.9 Å². The highest BCUT2D eigenvalue weighted by Crippen LogP contribution is 2.29. The van der Waals surface area contributed by atoms with Gasteiger partial charge in [0.15, 0.2) is 17.3 Å². The van der Waals surface area contributed by atoms with Gasteiger partial charge in [0.2, 0.25) is 0 Å². The topological polar surface area (TPSA) is 55.2 Å². The Bertz CT molecular complexity index is 707. The van der Waals surface area contributed by atoms with Crippen LogP contribution in [0.5, 0.6) is 0 Å². The number of hydrogen-bond acceptors (Lipinski definition) is 3. The van der Waals surface area contributed by atoms with E-state index >= 15 is 0 Å². The number of nitrogens with one attached hydrogen (secondary N) is 1. The molecular formula is C13H8F4N2O2. The fraction of sp³-hybridized carbons (Fsp3) is 0.0769. The van der Waals surface area contributed by atoms with Crippen molar-refractivity contribution in [3.05, 3.63) is 69.3 Å². The quantitative estimate of drug-likeness (QED) is 0.531. The standard InChI is InChI=1S/C13H8F4N2O2/c14-8-1-2-9(15)7(5-8)6-18-13-11(19(20)21)4-3-10(16)12(13)17/h1-5,18H,6H2. The Balaban J connectivity index is 2.33. The van der Waals surface area contributed by atoms with Crippen LogP contribution in [0, 0.1) is 33.4 Å². The number of halogens is 4. The molecule has 0 aliphatic heterocycles. The number of hydrogen-bond donors (Lipinski definition) is 1. The van der Waals surface area contributed by atoms with Crippen molar-refractivity contribution in [2.45, 2.75) is 6.54 Å². The summed E-state index contributed by atoms with van der Waals surface area (Å²) in [6.07, 6.45) is 0. The molecule has 0 atom stereocenters. The molecule has 0 amide bonds. The molecule has 1 N–H and O–H groups in total. The summed E-state index contributed by atoms with van der Waals surface area (Å²) < 4.78 is 53.1. The first-order valence-electron chi connectivity index (χ1n) is 5.70. The van der Waals surface area contributed by atoms with Crippen LogP contribution in [-0.4, -0.2) is 4.92 Å². The summed E-state index contributed by atoms with van der Waals surface area (Å²) in [5, 5.41) is 13.0. The van der Waals surface area contributed by atoms with E-state index in [1.807, 2.05) is 0 Å². The summed E-state index contributed by atoms with van der Waals surface area (Å²) in [7, 11) is 0. The number of rotatable bonds is 4. The molecule has 0 aromatic heterocycles. The number of anilines is 1. The lowest BCUT2D eigenvalue weighted by molar-refractivity contribution is -0.384. The monoisotopic (exact) mass is 300 g/mol. The second kappa shape index (κ2) is 5.78. The van der Waals surface area contributed by atoms with Gasteiger partial charge in [-0.3, -0.25) is 10.1 Å². The van der Waals surface area contributed by atoms with E-state index < -0.39 is 46.1 Å². The van der Waals surface area contributed by atoms with E-state index in [9.17, 15) is 27.7 Å². The summed E-state index contributed by atoms with van der Waals surface area (Å²) in [5.74, 6) is -4.24. The summed E-state index contributed by atoms with van der Waals surface area (Å²) in [6, 6.07) is 4.00. The van der Waals surface area contributed by atoms with Gasteiger partial charge < -0.3 is 5.32 Å². The van der Waals surface area contributed by atoms with Crippen molar-refractivity contribution in [1.29, 1.82) is 0 Å². The molecule has 0 aliphatic rings. The Kier molecular flexibility index (Phi) is 4.06. The van der Waals surface area contributed by atoms with Crippen LogP contribution in [0.2, 0.25) is 0 Å². The number of nitro benzene ring substituents is 1. The van der Waals surface area contributed by atoms with Crippen molar-refractivity contribution in [1.82, 2.24) is 0 Å². The molecule has 2 rings (SSSR count). The predicted octanol–water partition coefficient (Wildman–Crippen LogP) is 3.76. The van der Waals surface area contributed by atoms with Crippen molar-refractivity contribution in [2.75, 3.05) is 5.32 Å². The number of nitrogens with zero attached hydrogens (tertiary/aromatic N) is 1. The molecule has 0 spiro atoms. The molecule has 0 saturated carbocycles. The maximum Gasteiger partial charge on any atom is 0.295 e. The van der Waals surface area contributed by atoms with Gasteiger partial charge >= 0.3 is 0 Å². The van der Waals surface area contributed by atoms with Crippen molar-refractivity contribution in [3.8, 4) is 0 Å². The van der Waals surface area contributed by atoms with Crippen LogP contribution >= 0.6 is 0 Å². The van der Waals surface area contributed by atoms with Gasteiger partial charge in [-0.25, -0.2) is 17.6 Å². The molecule has 0 heterocycles. The molecule has 8 heteroatoms. The summed E-state index contributed by atoms with van der Waals surface area (Å²) in [4.78, 5) is 9.85. The van der Waals surface area contributed by atoms with E-state index in [2.05, 4.69) is 5.32 Å². The molecule has 0 fully saturated rings. The zero-order chi connectivity index (χ0) is 15.6. The first-order valence-corrected chi connectivity index (χ1v) is 5.70. The normalized spacial score (nSPS) is 10.5. The zero-order valence-electron chi connectivity index (χ0n) is 10.4. The number of nitro groups is 1. The second-order valence-electron chi connectivity index (χ2n) is 4.10. The third-order valence-corrected chi connectivity index (χ3v) is 2.73. The Morgan fingerprint density at radius 3 is 2.38 bits per heavy atom. The van der Waals surface area contributed by atoms with Gasteiger partial charge in [-0.05, 0) is 24.3 Å². The molecular weight excluding hydrogens is 292 g/mol. The van der Waals surface area contributed by atoms with Crippen molar-refractivity contribution in [3.63, 3.8) is 0 Å². The van der Waals surface area contributed by atoms with Crippen LogP contribution in [0.15, 0.2) is 30.3 Å². The van der Waals surface area contributed by atoms with Crippen molar-refractivity contribution in [2.24, 2.45) is 0 Å². The van der Waals surface area contributed by atoms with E-state index in [0.29, 0.717) is 6.07 Å². The lowest BCUT2D eigenvalue weighted by atomic mass is 10.2. The maximum atomic E-state index is 13.6. The highest BCUT2D eigenvalue weighted by atomic mass is 19.2. The minimum Gasteiger partial charge on any atom is -0.373 e. The van der Waals surface area contributed by atoms with Crippen LogP contribution in [0.3, 0.4) is 0 Å². The Hall–Kier alpha value is -2.64. The molecule has 0 radical (unpaired) electrons. The maximum absolute atomic E-state index is 13.6. The number of benzene rings is 2. The van der Waals surface area contributed by atoms with Crippen molar-refractivity contribution < 1.29 is 22.5 Å². The molecule has 0 unspecified atom stereocenters. The largest absolute Gasteiger partial charge is 0.373 e. The average Bonchev–Trinajstić information content (AvgIpc) is 2.43. The Morgan fingerprint density at radius 2 is 1.71 bits per heavy atom. The third-order valence-electron chi connectivity index (χ3n) is 2.73. The van der Waals surface area contributed by atoms with Gasteiger partial charge in [0.1, 0.15) is 11.6 Å². The molecule has 21 heavy (non-hydrogen) atoms. The van der Waals surface area contributed by atoms with Gasteiger partial charge in [-0.15, -0.1) is 0 Å². The van der Waals surface area contributed by atoms with E-state index in [4.69, 9.17) is 0 Å². The van der Waals surface area contributed by atoms with Gasteiger partial charge in [0, 0.05) is 18.2 Å². The Morgan fingerprint density at radius 1 is 1.05 bits per heavy atom. The SMILES string of the molecule is O=[N+]([O-])c1ccc(F)c(F)c1NCc1cc(F)ccc1F. The predicted molar refractivity (Wildman–Crippen MR) is 66.7 cm³/mol. The molecule has 2 aromatic rings. The lowest BCUT2D eigenvalue weighted by Crippen LogP contribution is -2.07. The summed E-state index contributed by atoms with van der Waals surface area (Å²) in [5.41, 5.74) is -1.60. The van der Waals surface area contributed by atoms with Gasteiger partial charge in [-0.2, -0.15) is 0 Å². The molecule has 0 aliphatic carbocycles. The van der Waals surface area contributed by atoms with Crippen LogP contribution in [-0.2, 0) is 6.54 Å². The van der Waals surface area contributed by atoms with E-state index in [-0.39, 0.29) is 5.56 Å². The van der Waals surface area contributed by atoms with Crippen LogP contribution in [0.25, 0.3) is 0 Å². The van der Waals surface area contributed by atoms with E-state index in [1.165, 1.54) is 0 Å². The summed E-state index contributed by atoms with van der Waals surface area (Å²) in [6.45, 7) is -0.440. The molecule has 110 valence electrons. The highest BCUT2D eigenvalue weighted by Gasteiger charge is 2.21. The fourth-order valence-electron chi connectivity index (χ4n) is 1.72. The fourth-order valence-corrected chi connectivity index (χ4v) is 1.72. The minimum atomic E-state index is -1.46. The molecule has 0 saturated heterocycles. The highest BCUT2D eigenvalue weighted by molar-refractivity contribution is 5.62. The summed E-state index contributed by atoms with van der Waals surface area (Å²) >= 11 is 0. The molecule has 2 aromatic carbocycles. The second-order valence-corrected chi connectivity index (χ2v) is 4.10. The average molecular weight is 300 g/mol. The van der Waals surface area contributed by atoms with E-state index in [1.54, 1.807) is 0 Å². The van der Waals surface area contributed by atoms with Gasteiger partial charge in [0.25, 0.3) is 5.69 Å². The Labute approximate surface area is 116 Å². The van der Waals surface area contributed by atoms with Crippen molar-refractivity contribution >= 4 is 11.4 Å². The van der Waals surface area contributed by atoms with Gasteiger partial charge in [-0.1, -0.05) is 0 Å².